The Morgan fingerprint density at radius 3 is 2.59 bits per heavy atom. The number of para-hydroxylation sites is 1. The Balaban J connectivity index is 1.89. The van der Waals surface area contributed by atoms with Gasteiger partial charge in [0, 0.05) is 12.7 Å². The molecule has 3 aromatic rings. The Kier molecular flexibility index (Phi) is 7.06. The zero-order chi connectivity index (χ0) is 20.8. The highest BCUT2D eigenvalue weighted by atomic mass is 32.2. The number of Topliss-reactive ketones (excluding diaryl/α,β-unsaturated/α-hetero) is 1. The molecule has 0 aliphatic carbocycles. The first kappa shape index (κ1) is 21.1. The van der Waals surface area contributed by atoms with Crippen LogP contribution in [-0.2, 0) is 11.3 Å². The average Bonchev–Trinajstić information content (AvgIpc) is 2.74. The van der Waals surface area contributed by atoms with E-state index in [0.29, 0.717) is 41.4 Å². The molecule has 3 rings (SSSR count). The molecule has 1 heterocycles. The summed E-state index contributed by atoms with van der Waals surface area (Å²) in [5.74, 6) is 0.702. The van der Waals surface area contributed by atoms with E-state index in [4.69, 9.17) is 9.47 Å². The van der Waals surface area contributed by atoms with Gasteiger partial charge >= 0.3 is 0 Å². The number of carbonyl (C=O) groups excluding carboxylic acids is 1. The highest BCUT2D eigenvalue weighted by Crippen LogP contribution is 2.25. The summed E-state index contributed by atoms with van der Waals surface area (Å²) in [5, 5.41) is 0.658. The van der Waals surface area contributed by atoms with E-state index in [1.54, 1.807) is 48.1 Å². The fourth-order valence-electron chi connectivity index (χ4n) is 2.95. The highest BCUT2D eigenvalue weighted by molar-refractivity contribution is 8.00. The van der Waals surface area contributed by atoms with Crippen LogP contribution in [0.15, 0.2) is 58.5 Å². The summed E-state index contributed by atoms with van der Waals surface area (Å²) in [6, 6.07) is 14.3. The van der Waals surface area contributed by atoms with E-state index >= 15 is 0 Å². The van der Waals surface area contributed by atoms with Gasteiger partial charge in [-0.05, 0) is 50.2 Å². The van der Waals surface area contributed by atoms with Gasteiger partial charge in [-0.3, -0.25) is 14.2 Å². The van der Waals surface area contributed by atoms with Gasteiger partial charge in [0.1, 0.15) is 5.75 Å². The third-order valence-corrected chi connectivity index (χ3v) is 5.54. The molecular weight excluding hydrogens is 388 g/mol. The minimum atomic E-state index is -0.408. The summed E-state index contributed by atoms with van der Waals surface area (Å²) >= 11 is 1.28. The van der Waals surface area contributed by atoms with Crippen LogP contribution in [0.4, 0.5) is 0 Å². The molecule has 1 aromatic heterocycles. The number of thioether (sulfide) groups is 1. The lowest BCUT2D eigenvalue weighted by Crippen LogP contribution is -2.26. The number of fused-ring (bicyclic) bond motifs is 1. The molecule has 0 N–H and O–H groups in total. The third kappa shape index (κ3) is 4.86. The maximum Gasteiger partial charge on any atom is 0.262 e. The van der Waals surface area contributed by atoms with Crippen LogP contribution < -0.4 is 10.3 Å². The van der Waals surface area contributed by atoms with E-state index in [0.717, 1.165) is 5.75 Å². The third-order valence-electron chi connectivity index (χ3n) is 4.45. The number of methoxy groups -OCH3 is 1. The monoisotopic (exact) mass is 412 g/mol. The first-order valence-electron chi connectivity index (χ1n) is 9.47. The van der Waals surface area contributed by atoms with Crippen molar-refractivity contribution >= 4 is 28.4 Å². The lowest BCUT2D eigenvalue weighted by molar-refractivity contribution is 0.0993. The van der Waals surface area contributed by atoms with Gasteiger partial charge < -0.3 is 9.47 Å². The second-order valence-electron chi connectivity index (χ2n) is 6.44. The summed E-state index contributed by atoms with van der Waals surface area (Å²) < 4.78 is 12.2. The molecule has 29 heavy (non-hydrogen) atoms. The topological polar surface area (TPSA) is 70.4 Å². The van der Waals surface area contributed by atoms with Gasteiger partial charge in [-0.1, -0.05) is 23.9 Å². The van der Waals surface area contributed by atoms with Crippen molar-refractivity contribution in [3.63, 3.8) is 0 Å². The summed E-state index contributed by atoms with van der Waals surface area (Å²) in [4.78, 5) is 30.5. The van der Waals surface area contributed by atoms with Crippen LogP contribution in [0.1, 0.15) is 24.2 Å². The lowest BCUT2D eigenvalue weighted by Gasteiger charge is -2.16. The molecule has 0 aliphatic heterocycles. The first-order valence-corrected chi connectivity index (χ1v) is 10.3. The summed E-state index contributed by atoms with van der Waals surface area (Å²) in [7, 11) is 1.59. The van der Waals surface area contributed by atoms with Crippen molar-refractivity contribution in [2.75, 3.05) is 20.3 Å². The maximum absolute atomic E-state index is 12.9. The molecular formula is C22H24N2O4S. The number of hydrogen-bond acceptors (Lipinski definition) is 6. The van der Waals surface area contributed by atoms with Gasteiger partial charge in [-0.2, -0.15) is 0 Å². The van der Waals surface area contributed by atoms with Gasteiger partial charge in [0.05, 0.1) is 35.9 Å². The van der Waals surface area contributed by atoms with Crippen LogP contribution in [0.25, 0.3) is 10.9 Å². The zero-order valence-corrected chi connectivity index (χ0v) is 17.6. The van der Waals surface area contributed by atoms with Gasteiger partial charge in [0.15, 0.2) is 10.9 Å². The van der Waals surface area contributed by atoms with E-state index in [1.807, 2.05) is 26.0 Å². The summed E-state index contributed by atoms with van der Waals surface area (Å²) in [6.45, 7) is 5.07. The molecule has 0 radical (unpaired) electrons. The molecule has 2 aromatic carbocycles. The number of hydrogen-bond donors (Lipinski definition) is 0. The van der Waals surface area contributed by atoms with Crippen LogP contribution >= 0.6 is 11.8 Å². The number of nitrogens with zero attached hydrogens (tertiary/aromatic N) is 2. The number of ketones is 1. The Hall–Kier alpha value is -2.64. The highest BCUT2D eigenvalue weighted by Gasteiger charge is 2.20. The molecule has 6 nitrogen and oxygen atoms in total. The van der Waals surface area contributed by atoms with E-state index < -0.39 is 5.25 Å². The van der Waals surface area contributed by atoms with Crippen molar-refractivity contribution < 1.29 is 14.3 Å². The molecule has 0 bridgehead atoms. The molecule has 1 atom stereocenters. The quantitative estimate of drug-likeness (QED) is 0.302. The SMILES string of the molecule is CCOc1ccc(C(=O)[C@H](C)Sc2nc3ccccc3c(=O)n2CCOC)cc1. The predicted octanol–water partition coefficient (Wildman–Crippen LogP) is 3.81. The molecule has 0 unspecified atom stereocenters. The van der Waals surface area contributed by atoms with Crippen LogP contribution in [0.2, 0.25) is 0 Å². The normalized spacial score (nSPS) is 12.1. The predicted molar refractivity (Wildman–Crippen MR) is 115 cm³/mol. The van der Waals surface area contributed by atoms with Gasteiger partial charge in [-0.25, -0.2) is 4.98 Å². The zero-order valence-electron chi connectivity index (χ0n) is 16.8. The van der Waals surface area contributed by atoms with Crippen LogP contribution in [0.5, 0.6) is 5.75 Å². The second-order valence-corrected chi connectivity index (χ2v) is 7.75. The van der Waals surface area contributed by atoms with Crippen molar-refractivity contribution in [1.82, 2.24) is 9.55 Å². The largest absolute Gasteiger partial charge is 0.494 e. The molecule has 0 saturated carbocycles. The Morgan fingerprint density at radius 1 is 1.17 bits per heavy atom. The van der Waals surface area contributed by atoms with Crippen molar-refractivity contribution in [3.8, 4) is 5.75 Å². The minimum absolute atomic E-state index is 0.0289. The fraction of sp³-hybridized carbons (Fsp3) is 0.318. The van der Waals surface area contributed by atoms with Crippen molar-refractivity contribution in [2.24, 2.45) is 0 Å². The number of rotatable bonds is 9. The van der Waals surface area contributed by atoms with Gasteiger partial charge in [-0.15, -0.1) is 0 Å². The number of carbonyl (C=O) groups is 1. The Morgan fingerprint density at radius 2 is 1.90 bits per heavy atom. The number of aromatic nitrogens is 2. The summed E-state index contributed by atoms with van der Waals surface area (Å²) in [6.07, 6.45) is 0. The van der Waals surface area contributed by atoms with Crippen LogP contribution in [0, 0.1) is 0 Å². The number of ether oxygens (including phenoxy) is 2. The van der Waals surface area contributed by atoms with Crippen LogP contribution in [0.3, 0.4) is 0 Å². The van der Waals surface area contributed by atoms with Gasteiger partial charge in [0.2, 0.25) is 0 Å². The van der Waals surface area contributed by atoms with Crippen molar-refractivity contribution in [2.45, 2.75) is 30.8 Å². The number of benzene rings is 2. The Bertz CT molecular complexity index is 1050. The van der Waals surface area contributed by atoms with E-state index in [9.17, 15) is 9.59 Å². The lowest BCUT2D eigenvalue weighted by atomic mass is 10.1. The fourth-order valence-corrected chi connectivity index (χ4v) is 3.96. The average molecular weight is 413 g/mol. The van der Waals surface area contributed by atoms with E-state index in [2.05, 4.69) is 4.98 Å². The second kappa shape index (κ2) is 9.71. The molecule has 0 aliphatic rings. The standard InChI is InChI=1S/C22H24N2O4S/c1-4-28-17-11-9-16(10-12-17)20(25)15(2)29-22-23-19-8-6-5-7-18(19)21(26)24(22)13-14-27-3/h5-12,15H,4,13-14H2,1-3H3/t15-/m0/s1. The van der Waals surface area contributed by atoms with Gasteiger partial charge in [0.25, 0.3) is 5.56 Å². The Labute approximate surface area is 173 Å². The molecule has 0 amide bonds. The maximum atomic E-state index is 12.9. The van der Waals surface area contributed by atoms with Crippen LogP contribution in [-0.4, -0.2) is 40.9 Å². The van der Waals surface area contributed by atoms with Crippen molar-refractivity contribution in [1.29, 1.82) is 0 Å². The molecule has 7 heteroatoms. The minimum Gasteiger partial charge on any atom is -0.494 e. The van der Waals surface area contributed by atoms with E-state index in [1.165, 1.54) is 11.8 Å². The summed E-state index contributed by atoms with van der Waals surface area (Å²) in [5.41, 5.74) is 1.09. The first-order chi connectivity index (χ1) is 14.0. The molecule has 152 valence electrons. The molecule has 0 saturated heterocycles. The smallest absolute Gasteiger partial charge is 0.262 e. The van der Waals surface area contributed by atoms with Crippen molar-refractivity contribution in [3.05, 3.63) is 64.4 Å². The van der Waals surface area contributed by atoms with E-state index in [-0.39, 0.29) is 11.3 Å². The molecule has 0 fully saturated rings. The molecule has 0 spiro atoms.